The third kappa shape index (κ3) is 3.96. The van der Waals surface area contributed by atoms with E-state index >= 15 is 0 Å². The highest BCUT2D eigenvalue weighted by molar-refractivity contribution is 7.92. The molecule has 8 heteroatoms. The minimum Gasteiger partial charge on any atom is -0.465 e. The second kappa shape index (κ2) is 6.78. The lowest BCUT2D eigenvalue weighted by molar-refractivity contribution is 0.0600. The fourth-order valence-corrected chi connectivity index (χ4v) is 3.68. The molecule has 2 aromatic carbocycles. The normalized spacial score (nSPS) is 11.1. The van der Waals surface area contributed by atoms with Crippen LogP contribution in [0.2, 0.25) is 10.0 Å². The zero-order valence-corrected chi connectivity index (χ0v) is 14.6. The summed E-state index contributed by atoms with van der Waals surface area (Å²) in [6, 6.07) is 8.71. The van der Waals surface area contributed by atoms with Crippen molar-refractivity contribution in [2.24, 2.45) is 0 Å². The highest BCUT2D eigenvalue weighted by Crippen LogP contribution is 2.27. The fourth-order valence-electron chi connectivity index (χ4n) is 1.86. The van der Waals surface area contributed by atoms with E-state index in [0.717, 1.165) is 6.07 Å². The summed E-state index contributed by atoms with van der Waals surface area (Å²) in [5.74, 6) is -0.656. The third-order valence-corrected chi connectivity index (χ3v) is 5.17. The summed E-state index contributed by atoms with van der Waals surface area (Å²) in [6.07, 6.45) is 0. The van der Waals surface area contributed by atoms with Crippen molar-refractivity contribution < 1.29 is 17.9 Å². The molecule has 0 saturated heterocycles. The van der Waals surface area contributed by atoms with Crippen molar-refractivity contribution in [3.8, 4) is 0 Å². The number of esters is 1. The van der Waals surface area contributed by atoms with Crippen molar-refractivity contribution in [3.05, 3.63) is 57.6 Å². The van der Waals surface area contributed by atoms with Gasteiger partial charge in [-0.25, -0.2) is 13.2 Å². The zero-order chi connectivity index (χ0) is 17.2. The Kier molecular flexibility index (Phi) is 5.19. The maximum atomic E-state index is 12.6. The number of benzene rings is 2. The number of rotatable bonds is 4. The molecule has 0 amide bonds. The minimum atomic E-state index is -4.00. The van der Waals surface area contributed by atoms with Crippen molar-refractivity contribution >= 4 is 44.9 Å². The Hall–Kier alpha value is -1.76. The molecule has 0 aromatic heterocycles. The van der Waals surface area contributed by atoms with Gasteiger partial charge in [-0.2, -0.15) is 0 Å². The molecule has 0 aliphatic rings. The molecular weight excluding hydrogens is 361 g/mol. The van der Waals surface area contributed by atoms with Crippen LogP contribution in [0.1, 0.15) is 15.9 Å². The van der Waals surface area contributed by atoms with Gasteiger partial charge < -0.3 is 4.74 Å². The number of anilines is 1. The number of methoxy groups -OCH3 is 1. The van der Waals surface area contributed by atoms with Crippen LogP contribution in [0.4, 0.5) is 5.69 Å². The van der Waals surface area contributed by atoms with Crippen LogP contribution in [0.5, 0.6) is 0 Å². The topological polar surface area (TPSA) is 72.5 Å². The summed E-state index contributed by atoms with van der Waals surface area (Å²) in [6.45, 7) is 1.74. The van der Waals surface area contributed by atoms with Crippen LogP contribution in [-0.4, -0.2) is 21.5 Å². The molecule has 0 bridgehead atoms. The number of aryl methyl sites for hydroxylation is 1. The first-order valence-corrected chi connectivity index (χ1v) is 8.65. The minimum absolute atomic E-state index is 0.00941. The van der Waals surface area contributed by atoms with Gasteiger partial charge in [0.2, 0.25) is 0 Å². The largest absolute Gasteiger partial charge is 0.465 e. The predicted molar refractivity (Wildman–Crippen MR) is 89.8 cm³/mol. The number of halogens is 2. The maximum Gasteiger partial charge on any atom is 0.337 e. The molecule has 0 heterocycles. The van der Waals surface area contributed by atoms with Crippen molar-refractivity contribution in [2.45, 2.75) is 11.8 Å². The molecule has 2 rings (SSSR count). The second-order valence-corrected chi connectivity index (χ2v) is 7.20. The number of hydrogen-bond donors (Lipinski definition) is 1. The monoisotopic (exact) mass is 373 g/mol. The fraction of sp³-hybridized carbons (Fsp3) is 0.133. The van der Waals surface area contributed by atoms with E-state index in [0.29, 0.717) is 16.3 Å². The lowest BCUT2D eigenvalue weighted by Gasteiger charge is -2.12. The number of carbonyl (C=O) groups excluding carboxylic acids is 1. The Morgan fingerprint density at radius 3 is 2.48 bits per heavy atom. The summed E-state index contributed by atoms with van der Waals surface area (Å²) in [7, 11) is -2.79. The van der Waals surface area contributed by atoms with Crippen LogP contribution in [-0.2, 0) is 14.8 Å². The Bertz CT molecular complexity index is 866. The lowest BCUT2D eigenvalue weighted by Crippen LogP contribution is -2.15. The average Bonchev–Trinajstić information content (AvgIpc) is 2.50. The van der Waals surface area contributed by atoms with Crippen molar-refractivity contribution in [1.82, 2.24) is 0 Å². The highest BCUT2D eigenvalue weighted by Gasteiger charge is 2.21. The van der Waals surface area contributed by atoms with Gasteiger partial charge in [-0.05, 0) is 42.8 Å². The van der Waals surface area contributed by atoms with E-state index in [-0.39, 0.29) is 15.5 Å². The van der Waals surface area contributed by atoms with Crippen LogP contribution >= 0.6 is 23.2 Å². The number of carbonyl (C=O) groups is 1. The highest BCUT2D eigenvalue weighted by atomic mass is 35.5. The molecule has 0 saturated carbocycles. The van der Waals surface area contributed by atoms with E-state index in [1.165, 1.54) is 25.3 Å². The quantitative estimate of drug-likeness (QED) is 0.825. The first kappa shape index (κ1) is 17.6. The van der Waals surface area contributed by atoms with E-state index in [9.17, 15) is 13.2 Å². The van der Waals surface area contributed by atoms with Gasteiger partial charge in [-0.1, -0.05) is 29.3 Å². The number of nitrogens with one attached hydrogen (secondary N) is 1. The van der Waals surface area contributed by atoms with Gasteiger partial charge in [-0.15, -0.1) is 0 Å². The van der Waals surface area contributed by atoms with Crippen LogP contribution in [0, 0.1) is 6.92 Å². The van der Waals surface area contributed by atoms with E-state index in [1.54, 1.807) is 19.1 Å². The summed E-state index contributed by atoms with van der Waals surface area (Å²) >= 11 is 11.9. The van der Waals surface area contributed by atoms with Gasteiger partial charge in [0.05, 0.1) is 23.4 Å². The SMILES string of the molecule is COC(=O)c1ccc(Cl)c(S(=O)(=O)Nc2cc(Cl)ccc2C)c1. The van der Waals surface area contributed by atoms with Gasteiger partial charge in [-0.3, -0.25) is 4.72 Å². The van der Waals surface area contributed by atoms with Crippen LogP contribution in [0.25, 0.3) is 0 Å². The van der Waals surface area contributed by atoms with Crippen molar-refractivity contribution in [1.29, 1.82) is 0 Å². The van der Waals surface area contributed by atoms with Gasteiger partial charge >= 0.3 is 5.97 Å². The van der Waals surface area contributed by atoms with E-state index in [2.05, 4.69) is 9.46 Å². The number of hydrogen-bond acceptors (Lipinski definition) is 4. The van der Waals surface area contributed by atoms with E-state index in [1.807, 2.05) is 0 Å². The Balaban J connectivity index is 2.47. The van der Waals surface area contributed by atoms with Gasteiger partial charge in [0.15, 0.2) is 0 Å². The Morgan fingerprint density at radius 1 is 1.13 bits per heavy atom. The summed E-state index contributed by atoms with van der Waals surface area (Å²) < 4.78 is 32.1. The average molecular weight is 374 g/mol. The van der Waals surface area contributed by atoms with Crippen LogP contribution < -0.4 is 4.72 Å². The zero-order valence-electron chi connectivity index (χ0n) is 12.3. The predicted octanol–water partition coefficient (Wildman–Crippen LogP) is 3.89. The number of sulfonamides is 1. The van der Waals surface area contributed by atoms with E-state index < -0.39 is 16.0 Å². The van der Waals surface area contributed by atoms with Gasteiger partial charge in [0.1, 0.15) is 4.90 Å². The molecule has 0 fully saturated rings. The summed E-state index contributed by atoms with van der Waals surface area (Å²) in [5, 5.41) is 0.382. The summed E-state index contributed by atoms with van der Waals surface area (Å²) in [4.78, 5) is 11.3. The Morgan fingerprint density at radius 2 is 1.83 bits per heavy atom. The molecule has 0 aliphatic heterocycles. The molecule has 0 radical (unpaired) electrons. The molecule has 0 unspecified atom stereocenters. The summed E-state index contributed by atoms with van der Waals surface area (Å²) in [5.41, 5.74) is 1.11. The first-order chi connectivity index (χ1) is 10.7. The molecule has 23 heavy (non-hydrogen) atoms. The van der Waals surface area contributed by atoms with Crippen molar-refractivity contribution in [3.63, 3.8) is 0 Å². The van der Waals surface area contributed by atoms with Crippen LogP contribution in [0.15, 0.2) is 41.3 Å². The molecule has 1 N–H and O–H groups in total. The standard InChI is InChI=1S/C15H13Cl2NO4S/c1-9-3-5-11(16)8-13(9)18-23(20,21)14-7-10(15(19)22-2)4-6-12(14)17/h3-8,18H,1-2H3. The number of ether oxygens (including phenoxy) is 1. The van der Waals surface area contributed by atoms with Crippen LogP contribution in [0.3, 0.4) is 0 Å². The molecule has 0 spiro atoms. The molecule has 0 aliphatic carbocycles. The first-order valence-electron chi connectivity index (χ1n) is 6.41. The van der Waals surface area contributed by atoms with Gasteiger partial charge in [0.25, 0.3) is 10.0 Å². The molecule has 2 aromatic rings. The lowest BCUT2D eigenvalue weighted by atomic mass is 10.2. The molecule has 0 atom stereocenters. The third-order valence-electron chi connectivity index (χ3n) is 3.09. The van der Waals surface area contributed by atoms with Crippen molar-refractivity contribution in [2.75, 3.05) is 11.8 Å². The van der Waals surface area contributed by atoms with Gasteiger partial charge in [0, 0.05) is 5.02 Å². The maximum absolute atomic E-state index is 12.6. The molecule has 5 nitrogen and oxygen atoms in total. The second-order valence-electron chi connectivity index (χ2n) is 4.70. The molecule has 122 valence electrons. The van der Waals surface area contributed by atoms with E-state index in [4.69, 9.17) is 23.2 Å². The molecular formula is C15H13Cl2NO4S. The Labute approximate surface area is 144 Å². The smallest absolute Gasteiger partial charge is 0.337 e.